The molecule has 0 saturated heterocycles. The number of hydrogen-bond acceptors (Lipinski definition) is 4. The lowest BCUT2D eigenvalue weighted by atomic mass is 9.79. The molecule has 0 heterocycles. The molecule has 4 heteroatoms. The molecule has 0 N–H and O–H groups in total. The summed E-state index contributed by atoms with van der Waals surface area (Å²) in [6.45, 7) is 7.39. The molecule has 0 aliphatic heterocycles. The van der Waals surface area contributed by atoms with E-state index in [0.29, 0.717) is 19.1 Å². The van der Waals surface area contributed by atoms with Crippen molar-refractivity contribution in [1.82, 2.24) is 0 Å². The van der Waals surface area contributed by atoms with Gasteiger partial charge in [0.2, 0.25) is 0 Å². The standard InChI is InChI=1S/C19H34O4/c1-4-5-13-22-18(20)16-11-6-7-12-17(16)19(21)23-14-9-8-10-15(2)3/h15-17H,4-14H2,1-3H3. The van der Waals surface area contributed by atoms with E-state index in [9.17, 15) is 9.59 Å². The molecule has 1 aliphatic rings. The van der Waals surface area contributed by atoms with Crippen LogP contribution in [0.2, 0.25) is 0 Å². The Morgan fingerprint density at radius 2 is 1.43 bits per heavy atom. The second-order valence-corrected chi connectivity index (χ2v) is 7.08. The molecule has 0 amide bonds. The van der Waals surface area contributed by atoms with Gasteiger partial charge in [0.15, 0.2) is 0 Å². The number of rotatable bonds is 10. The average molecular weight is 326 g/mol. The van der Waals surface area contributed by atoms with Crippen molar-refractivity contribution in [3.63, 3.8) is 0 Å². The van der Waals surface area contributed by atoms with E-state index in [2.05, 4.69) is 20.8 Å². The molecule has 0 aromatic carbocycles. The first-order chi connectivity index (χ1) is 11.1. The predicted molar refractivity (Wildman–Crippen MR) is 91.0 cm³/mol. The van der Waals surface area contributed by atoms with Crippen LogP contribution in [0.1, 0.15) is 78.6 Å². The number of esters is 2. The number of unbranched alkanes of at least 4 members (excludes halogenated alkanes) is 2. The van der Waals surface area contributed by atoms with Crippen molar-refractivity contribution in [2.75, 3.05) is 13.2 Å². The second kappa shape index (κ2) is 11.5. The number of ether oxygens (including phenoxy) is 2. The molecule has 1 aliphatic carbocycles. The zero-order valence-electron chi connectivity index (χ0n) is 15.1. The van der Waals surface area contributed by atoms with Gasteiger partial charge in [0.1, 0.15) is 0 Å². The molecule has 23 heavy (non-hydrogen) atoms. The molecule has 2 atom stereocenters. The lowest BCUT2D eigenvalue weighted by Crippen LogP contribution is -2.35. The highest BCUT2D eigenvalue weighted by Gasteiger charge is 2.37. The second-order valence-electron chi connectivity index (χ2n) is 7.08. The molecule has 134 valence electrons. The van der Waals surface area contributed by atoms with Gasteiger partial charge in [0, 0.05) is 0 Å². The van der Waals surface area contributed by atoms with Gasteiger partial charge < -0.3 is 9.47 Å². The van der Waals surface area contributed by atoms with E-state index in [4.69, 9.17) is 9.47 Å². The van der Waals surface area contributed by atoms with Gasteiger partial charge in [-0.3, -0.25) is 9.59 Å². The van der Waals surface area contributed by atoms with Crippen molar-refractivity contribution in [2.24, 2.45) is 17.8 Å². The van der Waals surface area contributed by atoms with Crippen molar-refractivity contribution in [3.8, 4) is 0 Å². The van der Waals surface area contributed by atoms with E-state index in [1.807, 2.05) is 0 Å². The van der Waals surface area contributed by atoms with Gasteiger partial charge in [-0.05, 0) is 38.0 Å². The van der Waals surface area contributed by atoms with E-state index in [-0.39, 0.29) is 23.8 Å². The summed E-state index contributed by atoms with van der Waals surface area (Å²) in [5, 5.41) is 0. The Kier molecular flexibility index (Phi) is 9.97. The summed E-state index contributed by atoms with van der Waals surface area (Å²) in [6, 6.07) is 0. The van der Waals surface area contributed by atoms with Crippen LogP contribution in [0.15, 0.2) is 0 Å². The fraction of sp³-hybridized carbons (Fsp3) is 0.895. The molecule has 0 aromatic rings. The largest absolute Gasteiger partial charge is 0.465 e. The van der Waals surface area contributed by atoms with E-state index < -0.39 is 0 Å². The summed E-state index contributed by atoms with van der Waals surface area (Å²) in [5.74, 6) is -0.329. The Bertz CT molecular complexity index is 351. The molecule has 1 fully saturated rings. The minimum Gasteiger partial charge on any atom is -0.465 e. The van der Waals surface area contributed by atoms with Crippen LogP contribution < -0.4 is 0 Å². The Morgan fingerprint density at radius 1 is 0.913 bits per heavy atom. The fourth-order valence-electron chi connectivity index (χ4n) is 3.05. The summed E-state index contributed by atoms with van der Waals surface area (Å²) in [6.07, 6.45) is 8.50. The maximum Gasteiger partial charge on any atom is 0.309 e. The van der Waals surface area contributed by atoms with Crippen LogP contribution >= 0.6 is 0 Å². The third-order valence-corrected chi connectivity index (χ3v) is 4.53. The molecule has 0 radical (unpaired) electrons. The van der Waals surface area contributed by atoms with Crippen molar-refractivity contribution in [2.45, 2.75) is 78.6 Å². The topological polar surface area (TPSA) is 52.6 Å². The number of carbonyl (C=O) groups excluding carboxylic acids is 2. The van der Waals surface area contributed by atoms with Crippen LogP contribution in [0.3, 0.4) is 0 Å². The minimum absolute atomic E-state index is 0.202. The zero-order chi connectivity index (χ0) is 17.1. The monoisotopic (exact) mass is 326 g/mol. The van der Waals surface area contributed by atoms with Crippen LogP contribution in [0, 0.1) is 17.8 Å². The summed E-state index contributed by atoms with van der Waals surface area (Å²) in [4.78, 5) is 24.5. The molecule has 0 aromatic heterocycles. The Morgan fingerprint density at radius 3 is 1.91 bits per heavy atom. The van der Waals surface area contributed by atoms with Gasteiger partial charge in [-0.1, -0.05) is 46.5 Å². The first-order valence-electron chi connectivity index (χ1n) is 9.39. The van der Waals surface area contributed by atoms with Crippen molar-refractivity contribution >= 4 is 11.9 Å². The Hall–Kier alpha value is -1.06. The minimum atomic E-state index is -0.303. The quantitative estimate of drug-likeness (QED) is 0.438. The predicted octanol–water partition coefficient (Wildman–Crippen LogP) is 4.51. The van der Waals surface area contributed by atoms with Crippen LogP contribution in [-0.4, -0.2) is 25.2 Å². The van der Waals surface area contributed by atoms with Crippen molar-refractivity contribution in [3.05, 3.63) is 0 Å². The molecule has 1 saturated carbocycles. The molecular formula is C19H34O4. The van der Waals surface area contributed by atoms with E-state index in [0.717, 1.165) is 57.8 Å². The lowest BCUT2D eigenvalue weighted by Gasteiger charge is -2.28. The van der Waals surface area contributed by atoms with Crippen LogP contribution in [0.25, 0.3) is 0 Å². The van der Waals surface area contributed by atoms with Gasteiger partial charge in [0.05, 0.1) is 25.0 Å². The summed E-state index contributed by atoms with van der Waals surface area (Å²) >= 11 is 0. The SMILES string of the molecule is CCCCOC(=O)C1CCCCC1C(=O)OCCCCC(C)C. The van der Waals surface area contributed by atoms with Gasteiger partial charge in [-0.2, -0.15) is 0 Å². The summed E-state index contributed by atoms with van der Waals surface area (Å²) in [7, 11) is 0. The smallest absolute Gasteiger partial charge is 0.309 e. The van der Waals surface area contributed by atoms with Gasteiger partial charge >= 0.3 is 11.9 Å². The highest BCUT2D eigenvalue weighted by Crippen LogP contribution is 2.32. The lowest BCUT2D eigenvalue weighted by molar-refractivity contribution is -0.163. The van der Waals surface area contributed by atoms with Crippen LogP contribution in [0.4, 0.5) is 0 Å². The normalized spacial score (nSPS) is 21.2. The zero-order valence-corrected chi connectivity index (χ0v) is 15.1. The maximum atomic E-state index is 12.3. The van der Waals surface area contributed by atoms with Gasteiger partial charge in [-0.25, -0.2) is 0 Å². The molecule has 0 spiro atoms. The highest BCUT2D eigenvalue weighted by atomic mass is 16.5. The van der Waals surface area contributed by atoms with Crippen LogP contribution in [-0.2, 0) is 19.1 Å². The van der Waals surface area contributed by atoms with E-state index >= 15 is 0 Å². The molecule has 0 bridgehead atoms. The van der Waals surface area contributed by atoms with Crippen molar-refractivity contribution in [1.29, 1.82) is 0 Å². The van der Waals surface area contributed by atoms with Gasteiger partial charge in [-0.15, -0.1) is 0 Å². The maximum absolute atomic E-state index is 12.3. The van der Waals surface area contributed by atoms with E-state index in [1.165, 1.54) is 0 Å². The molecular weight excluding hydrogens is 292 g/mol. The summed E-state index contributed by atoms with van der Waals surface area (Å²) in [5.41, 5.74) is 0. The van der Waals surface area contributed by atoms with Crippen LogP contribution in [0.5, 0.6) is 0 Å². The average Bonchev–Trinajstić information content (AvgIpc) is 2.54. The van der Waals surface area contributed by atoms with Crippen molar-refractivity contribution < 1.29 is 19.1 Å². The Balaban J connectivity index is 2.37. The Labute approximate surface area is 141 Å². The highest BCUT2D eigenvalue weighted by molar-refractivity contribution is 5.82. The van der Waals surface area contributed by atoms with E-state index in [1.54, 1.807) is 0 Å². The molecule has 2 unspecified atom stereocenters. The third kappa shape index (κ3) is 7.85. The third-order valence-electron chi connectivity index (χ3n) is 4.53. The number of carbonyl (C=O) groups is 2. The summed E-state index contributed by atoms with van der Waals surface area (Å²) < 4.78 is 10.7. The first-order valence-corrected chi connectivity index (χ1v) is 9.39. The molecule has 1 rings (SSSR count). The molecule has 4 nitrogen and oxygen atoms in total. The fourth-order valence-corrected chi connectivity index (χ4v) is 3.05. The van der Waals surface area contributed by atoms with Gasteiger partial charge in [0.25, 0.3) is 0 Å². The number of hydrogen-bond donors (Lipinski definition) is 0. The first kappa shape index (κ1) is 20.0.